The Kier molecular flexibility index (Phi) is 4.52. The second-order valence-electron chi connectivity index (χ2n) is 4.33. The quantitative estimate of drug-likeness (QED) is 0.865. The first-order chi connectivity index (χ1) is 9.22. The number of ether oxygens (including phenoxy) is 1. The maximum atomic E-state index is 5.66. The molecule has 2 rings (SSSR count). The van der Waals surface area contributed by atoms with Crippen molar-refractivity contribution in [1.29, 1.82) is 0 Å². The van der Waals surface area contributed by atoms with Crippen LogP contribution in [0, 0.1) is 0 Å². The first-order valence-corrected chi connectivity index (χ1v) is 6.44. The van der Waals surface area contributed by atoms with E-state index in [1.54, 1.807) is 0 Å². The first-order valence-electron chi connectivity index (χ1n) is 6.44. The summed E-state index contributed by atoms with van der Waals surface area (Å²) in [5.74, 6) is 2.01. The molecule has 1 aromatic heterocycles. The van der Waals surface area contributed by atoms with Gasteiger partial charge in [0, 0.05) is 12.5 Å². The summed E-state index contributed by atoms with van der Waals surface area (Å²) in [6.45, 7) is 4.38. The van der Waals surface area contributed by atoms with Crippen LogP contribution in [0.2, 0.25) is 0 Å². The van der Waals surface area contributed by atoms with Gasteiger partial charge in [-0.15, -0.1) is 0 Å². The summed E-state index contributed by atoms with van der Waals surface area (Å²) in [7, 11) is 1.93. The van der Waals surface area contributed by atoms with E-state index in [4.69, 9.17) is 9.26 Å². The largest absolute Gasteiger partial charge is 0.484 e. The zero-order chi connectivity index (χ0) is 13.7. The van der Waals surface area contributed by atoms with Gasteiger partial charge in [0.25, 0.3) is 5.89 Å². The molecule has 0 fully saturated rings. The molecule has 1 unspecified atom stereocenters. The minimum Gasteiger partial charge on any atom is -0.484 e. The predicted octanol–water partition coefficient (Wildman–Crippen LogP) is 2.49. The van der Waals surface area contributed by atoms with Gasteiger partial charge in [-0.25, -0.2) is 0 Å². The number of rotatable bonds is 6. The number of aryl methyl sites for hydroxylation is 1. The Bertz CT molecular complexity index is 525. The molecule has 2 aromatic rings. The molecule has 0 bridgehead atoms. The minimum atomic E-state index is 0.290. The second-order valence-corrected chi connectivity index (χ2v) is 4.33. The molecular formula is C14H19N3O2. The fraction of sp³-hybridized carbons (Fsp3) is 0.429. The maximum Gasteiger partial charge on any atom is 0.264 e. The third-order valence-corrected chi connectivity index (χ3v) is 2.98. The molecule has 0 amide bonds. The summed E-state index contributed by atoms with van der Waals surface area (Å²) in [5.41, 5.74) is 1.18. The molecule has 0 aliphatic carbocycles. The third kappa shape index (κ3) is 3.54. The summed E-state index contributed by atoms with van der Waals surface area (Å²) < 4.78 is 10.7. The molecule has 0 aliphatic rings. The summed E-state index contributed by atoms with van der Waals surface area (Å²) in [6, 6.07) is 8.26. The summed E-state index contributed by atoms with van der Waals surface area (Å²) in [4.78, 5) is 4.20. The average Bonchev–Trinajstić information content (AvgIpc) is 2.92. The Balaban J connectivity index is 1.99. The van der Waals surface area contributed by atoms with Gasteiger partial charge in [0.1, 0.15) is 5.75 Å². The van der Waals surface area contributed by atoms with E-state index in [-0.39, 0.29) is 0 Å². The molecular weight excluding hydrogens is 242 g/mol. The van der Waals surface area contributed by atoms with E-state index >= 15 is 0 Å². The van der Waals surface area contributed by atoms with E-state index in [1.807, 2.05) is 32.2 Å². The van der Waals surface area contributed by atoms with Crippen molar-refractivity contribution in [3.8, 4) is 5.75 Å². The molecule has 1 atom stereocenters. The van der Waals surface area contributed by atoms with Gasteiger partial charge in [-0.05, 0) is 31.7 Å². The van der Waals surface area contributed by atoms with Crippen molar-refractivity contribution >= 4 is 0 Å². The van der Waals surface area contributed by atoms with E-state index in [9.17, 15) is 0 Å². The Morgan fingerprint density at radius 1 is 1.42 bits per heavy atom. The highest BCUT2D eigenvalue weighted by molar-refractivity contribution is 5.30. The highest BCUT2D eigenvalue weighted by Crippen LogP contribution is 2.19. The molecule has 1 aromatic carbocycles. The Hall–Kier alpha value is -1.88. The third-order valence-electron chi connectivity index (χ3n) is 2.98. The lowest BCUT2D eigenvalue weighted by Gasteiger charge is -2.12. The van der Waals surface area contributed by atoms with Crippen molar-refractivity contribution in [3.05, 3.63) is 41.5 Å². The molecule has 5 nitrogen and oxygen atoms in total. The van der Waals surface area contributed by atoms with Crippen molar-refractivity contribution in [3.63, 3.8) is 0 Å². The van der Waals surface area contributed by atoms with E-state index in [0.717, 1.165) is 12.2 Å². The molecule has 0 saturated heterocycles. The lowest BCUT2D eigenvalue weighted by atomic mass is 10.1. The standard InChI is InChI=1S/C14H19N3O2/c1-4-13-16-14(19-17-13)9-18-12-7-5-6-11(8-12)10(2)15-3/h5-8,10,15H,4,9H2,1-3H3. The lowest BCUT2D eigenvalue weighted by Crippen LogP contribution is -2.12. The summed E-state index contributed by atoms with van der Waals surface area (Å²) in [5, 5.41) is 7.03. The number of aromatic nitrogens is 2. The minimum absolute atomic E-state index is 0.290. The van der Waals surface area contributed by atoms with Crippen LogP contribution in [0.5, 0.6) is 5.75 Å². The van der Waals surface area contributed by atoms with Crippen molar-refractivity contribution in [2.75, 3.05) is 7.05 Å². The second kappa shape index (κ2) is 6.33. The van der Waals surface area contributed by atoms with E-state index in [0.29, 0.717) is 24.4 Å². The molecule has 0 saturated carbocycles. The van der Waals surface area contributed by atoms with Gasteiger partial charge >= 0.3 is 0 Å². The van der Waals surface area contributed by atoms with Crippen LogP contribution in [-0.4, -0.2) is 17.2 Å². The Morgan fingerprint density at radius 2 is 2.26 bits per heavy atom. The molecule has 19 heavy (non-hydrogen) atoms. The summed E-state index contributed by atoms with van der Waals surface area (Å²) >= 11 is 0. The number of benzene rings is 1. The van der Waals surface area contributed by atoms with Crippen LogP contribution < -0.4 is 10.1 Å². The zero-order valence-electron chi connectivity index (χ0n) is 11.5. The normalized spacial score (nSPS) is 12.4. The topological polar surface area (TPSA) is 60.2 Å². The first kappa shape index (κ1) is 13.5. The monoisotopic (exact) mass is 261 g/mol. The summed E-state index contributed by atoms with van der Waals surface area (Å²) in [6.07, 6.45) is 0.763. The van der Waals surface area contributed by atoms with Crippen LogP contribution >= 0.6 is 0 Å². The van der Waals surface area contributed by atoms with Gasteiger partial charge in [-0.2, -0.15) is 4.98 Å². The van der Waals surface area contributed by atoms with Gasteiger partial charge < -0.3 is 14.6 Å². The van der Waals surface area contributed by atoms with Crippen molar-refractivity contribution < 1.29 is 9.26 Å². The maximum absolute atomic E-state index is 5.66. The Morgan fingerprint density at radius 3 is 2.95 bits per heavy atom. The molecule has 0 radical (unpaired) electrons. The molecule has 1 N–H and O–H groups in total. The van der Waals surface area contributed by atoms with Gasteiger partial charge in [0.15, 0.2) is 12.4 Å². The van der Waals surface area contributed by atoms with E-state index in [2.05, 4.69) is 28.4 Å². The van der Waals surface area contributed by atoms with Crippen molar-refractivity contribution in [2.24, 2.45) is 0 Å². The molecule has 1 heterocycles. The van der Waals surface area contributed by atoms with Crippen molar-refractivity contribution in [2.45, 2.75) is 32.9 Å². The van der Waals surface area contributed by atoms with Gasteiger partial charge in [0.2, 0.25) is 0 Å². The fourth-order valence-electron chi connectivity index (χ4n) is 1.68. The molecule has 102 valence electrons. The van der Waals surface area contributed by atoms with Crippen LogP contribution in [0.25, 0.3) is 0 Å². The van der Waals surface area contributed by atoms with E-state index < -0.39 is 0 Å². The van der Waals surface area contributed by atoms with E-state index in [1.165, 1.54) is 5.56 Å². The average molecular weight is 261 g/mol. The van der Waals surface area contributed by atoms with Crippen LogP contribution in [0.1, 0.15) is 37.2 Å². The van der Waals surface area contributed by atoms with Gasteiger partial charge in [-0.1, -0.05) is 24.2 Å². The van der Waals surface area contributed by atoms with Crippen LogP contribution in [0.3, 0.4) is 0 Å². The lowest BCUT2D eigenvalue weighted by molar-refractivity contribution is 0.242. The smallest absolute Gasteiger partial charge is 0.264 e. The Labute approximate surface area is 113 Å². The predicted molar refractivity (Wildman–Crippen MR) is 71.9 cm³/mol. The van der Waals surface area contributed by atoms with Gasteiger partial charge in [0.05, 0.1) is 0 Å². The highest BCUT2D eigenvalue weighted by Gasteiger charge is 2.07. The fourth-order valence-corrected chi connectivity index (χ4v) is 1.68. The SMILES string of the molecule is CCc1noc(COc2cccc(C(C)NC)c2)n1. The number of nitrogens with zero attached hydrogens (tertiary/aromatic N) is 2. The van der Waals surface area contributed by atoms with Crippen LogP contribution in [-0.2, 0) is 13.0 Å². The number of hydrogen-bond donors (Lipinski definition) is 1. The molecule has 0 spiro atoms. The van der Waals surface area contributed by atoms with Crippen LogP contribution in [0.4, 0.5) is 0 Å². The number of hydrogen-bond acceptors (Lipinski definition) is 5. The molecule has 0 aliphatic heterocycles. The highest BCUT2D eigenvalue weighted by atomic mass is 16.5. The van der Waals surface area contributed by atoms with Crippen molar-refractivity contribution in [1.82, 2.24) is 15.5 Å². The molecule has 5 heteroatoms. The van der Waals surface area contributed by atoms with Crippen LogP contribution in [0.15, 0.2) is 28.8 Å². The van der Waals surface area contributed by atoms with Gasteiger partial charge in [-0.3, -0.25) is 0 Å². The number of nitrogens with one attached hydrogen (secondary N) is 1. The zero-order valence-corrected chi connectivity index (χ0v) is 11.5.